The van der Waals surface area contributed by atoms with E-state index in [-0.39, 0.29) is 11.3 Å². The first-order valence-electron chi connectivity index (χ1n) is 12.2. The van der Waals surface area contributed by atoms with Gasteiger partial charge in [-0.2, -0.15) is 0 Å². The summed E-state index contributed by atoms with van der Waals surface area (Å²) in [6.45, 7) is 8.52. The van der Waals surface area contributed by atoms with Gasteiger partial charge in [0.1, 0.15) is 11.5 Å². The van der Waals surface area contributed by atoms with Crippen LogP contribution in [0.25, 0.3) is 5.76 Å². The van der Waals surface area contributed by atoms with Gasteiger partial charge >= 0.3 is 0 Å². The second-order valence-electron chi connectivity index (χ2n) is 8.82. The van der Waals surface area contributed by atoms with Crippen molar-refractivity contribution in [3.05, 3.63) is 88.5 Å². The lowest BCUT2D eigenvalue weighted by Crippen LogP contribution is -2.29. The van der Waals surface area contributed by atoms with Gasteiger partial charge in [0.15, 0.2) is 11.5 Å². The normalized spacial score (nSPS) is 16.7. The van der Waals surface area contributed by atoms with Crippen LogP contribution in [-0.2, 0) is 9.59 Å². The standard InChI is InChI=1S/C30H31NO6/c1-6-36-23-11-8-20(9-12-23)28(32)26-27(21-10-13-24(35-5)25(17-21)37-7-2)31(30(34)29(26)33)22-15-18(3)14-19(4)16-22/h8-17,27,32H,6-7H2,1-5H3/b28-26-. The summed E-state index contributed by atoms with van der Waals surface area (Å²) in [6.07, 6.45) is 0. The Hall–Kier alpha value is -4.26. The van der Waals surface area contributed by atoms with E-state index in [9.17, 15) is 14.7 Å². The van der Waals surface area contributed by atoms with Crippen molar-refractivity contribution in [2.75, 3.05) is 25.2 Å². The minimum absolute atomic E-state index is 0.000865. The van der Waals surface area contributed by atoms with E-state index in [1.54, 1.807) is 49.6 Å². The number of aliphatic hydroxyl groups is 1. The number of ether oxygens (including phenoxy) is 3. The Balaban J connectivity index is 1.94. The number of aryl methyl sites for hydroxylation is 2. The molecule has 192 valence electrons. The Morgan fingerprint density at radius 3 is 2.11 bits per heavy atom. The fraction of sp³-hybridized carbons (Fsp3) is 0.267. The summed E-state index contributed by atoms with van der Waals surface area (Å²) in [4.78, 5) is 28.4. The average Bonchev–Trinajstić information content (AvgIpc) is 3.14. The lowest BCUT2D eigenvalue weighted by Gasteiger charge is -2.26. The van der Waals surface area contributed by atoms with Gasteiger partial charge in [-0.1, -0.05) is 12.1 Å². The lowest BCUT2D eigenvalue weighted by molar-refractivity contribution is -0.132. The Morgan fingerprint density at radius 2 is 1.51 bits per heavy atom. The van der Waals surface area contributed by atoms with Gasteiger partial charge in [0.2, 0.25) is 0 Å². The molecule has 1 heterocycles. The van der Waals surface area contributed by atoms with Crippen molar-refractivity contribution in [3.63, 3.8) is 0 Å². The van der Waals surface area contributed by atoms with E-state index in [1.165, 1.54) is 4.90 Å². The summed E-state index contributed by atoms with van der Waals surface area (Å²) in [6, 6.07) is 16.9. The molecule has 3 aromatic carbocycles. The van der Waals surface area contributed by atoms with Crippen LogP contribution >= 0.6 is 0 Å². The number of aliphatic hydroxyl groups excluding tert-OH is 1. The maximum absolute atomic E-state index is 13.5. The van der Waals surface area contributed by atoms with Gasteiger partial charge in [-0.15, -0.1) is 0 Å². The van der Waals surface area contributed by atoms with E-state index < -0.39 is 17.7 Å². The third kappa shape index (κ3) is 5.03. The zero-order chi connectivity index (χ0) is 26.7. The van der Waals surface area contributed by atoms with Gasteiger partial charge in [-0.3, -0.25) is 14.5 Å². The minimum atomic E-state index is -0.877. The van der Waals surface area contributed by atoms with Gasteiger partial charge in [0.25, 0.3) is 11.7 Å². The molecule has 1 N–H and O–H groups in total. The van der Waals surface area contributed by atoms with Crippen molar-refractivity contribution in [1.29, 1.82) is 0 Å². The topological polar surface area (TPSA) is 85.3 Å². The summed E-state index contributed by atoms with van der Waals surface area (Å²) in [5.74, 6) is -0.0783. The van der Waals surface area contributed by atoms with Crippen molar-refractivity contribution in [2.24, 2.45) is 0 Å². The summed E-state index contributed by atoms with van der Waals surface area (Å²) in [7, 11) is 1.55. The number of carbonyl (C=O) groups excluding carboxylic acids is 2. The number of rotatable bonds is 8. The van der Waals surface area contributed by atoms with Gasteiger partial charge in [0, 0.05) is 11.3 Å². The monoisotopic (exact) mass is 501 g/mol. The third-order valence-corrected chi connectivity index (χ3v) is 6.17. The highest BCUT2D eigenvalue weighted by atomic mass is 16.5. The van der Waals surface area contributed by atoms with Crippen molar-refractivity contribution in [3.8, 4) is 17.2 Å². The number of carbonyl (C=O) groups is 2. The first-order chi connectivity index (χ1) is 17.8. The van der Waals surface area contributed by atoms with E-state index in [0.717, 1.165) is 11.1 Å². The second kappa shape index (κ2) is 10.8. The van der Waals surface area contributed by atoms with E-state index >= 15 is 0 Å². The molecule has 0 saturated carbocycles. The fourth-order valence-electron chi connectivity index (χ4n) is 4.67. The first-order valence-corrected chi connectivity index (χ1v) is 12.2. The number of hydrogen-bond donors (Lipinski definition) is 1. The molecule has 1 saturated heterocycles. The molecule has 1 fully saturated rings. The molecule has 1 amide bonds. The SMILES string of the molecule is CCOc1ccc(/C(O)=C2/C(=O)C(=O)N(c3cc(C)cc(C)c3)C2c2ccc(OC)c(OCC)c2)cc1. The molecule has 0 bridgehead atoms. The number of ketones is 1. The molecule has 7 heteroatoms. The predicted octanol–water partition coefficient (Wildman–Crippen LogP) is 5.74. The molecule has 4 rings (SSSR count). The highest BCUT2D eigenvalue weighted by Gasteiger charge is 2.47. The maximum atomic E-state index is 13.5. The summed E-state index contributed by atoms with van der Waals surface area (Å²) < 4.78 is 16.7. The molecule has 1 atom stereocenters. The Bertz CT molecular complexity index is 1340. The first kappa shape index (κ1) is 25.8. The van der Waals surface area contributed by atoms with Gasteiger partial charge in [-0.25, -0.2) is 0 Å². The molecule has 1 aliphatic rings. The number of amides is 1. The van der Waals surface area contributed by atoms with Crippen LogP contribution in [0.4, 0.5) is 5.69 Å². The lowest BCUT2D eigenvalue weighted by atomic mass is 9.94. The third-order valence-electron chi connectivity index (χ3n) is 6.17. The Labute approximate surface area is 216 Å². The molecular weight excluding hydrogens is 470 g/mol. The largest absolute Gasteiger partial charge is 0.507 e. The number of hydrogen-bond acceptors (Lipinski definition) is 6. The molecule has 1 unspecified atom stereocenters. The number of methoxy groups -OCH3 is 1. The quantitative estimate of drug-likeness (QED) is 0.241. The van der Waals surface area contributed by atoms with Crippen LogP contribution in [-0.4, -0.2) is 37.1 Å². The molecular formula is C30H31NO6. The molecule has 0 spiro atoms. The van der Waals surface area contributed by atoms with Crippen LogP contribution in [0.15, 0.2) is 66.2 Å². The summed E-state index contributed by atoms with van der Waals surface area (Å²) in [5, 5.41) is 11.4. The highest BCUT2D eigenvalue weighted by Crippen LogP contribution is 2.44. The molecule has 0 aliphatic carbocycles. The van der Waals surface area contributed by atoms with Crippen molar-refractivity contribution in [2.45, 2.75) is 33.7 Å². The van der Waals surface area contributed by atoms with Gasteiger partial charge in [-0.05, 0) is 92.9 Å². The average molecular weight is 502 g/mol. The number of benzene rings is 3. The molecule has 7 nitrogen and oxygen atoms in total. The highest BCUT2D eigenvalue weighted by molar-refractivity contribution is 6.51. The minimum Gasteiger partial charge on any atom is -0.507 e. The van der Waals surface area contributed by atoms with Crippen LogP contribution < -0.4 is 19.1 Å². The molecule has 3 aromatic rings. The zero-order valence-electron chi connectivity index (χ0n) is 21.7. The van der Waals surface area contributed by atoms with E-state index in [2.05, 4.69) is 0 Å². The van der Waals surface area contributed by atoms with Crippen molar-refractivity contribution < 1.29 is 28.9 Å². The van der Waals surface area contributed by atoms with E-state index in [4.69, 9.17) is 14.2 Å². The van der Waals surface area contributed by atoms with E-state index in [1.807, 2.05) is 45.9 Å². The van der Waals surface area contributed by atoms with E-state index in [0.29, 0.717) is 47.3 Å². The Morgan fingerprint density at radius 1 is 0.865 bits per heavy atom. The summed E-state index contributed by atoms with van der Waals surface area (Å²) >= 11 is 0. The van der Waals surface area contributed by atoms with Crippen LogP contribution in [0.2, 0.25) is 0 Å². The second-order valence-corrected chi connectivity index (χ2v) is 8.82. The zero-order valence-corrected chi connectivity index (χ0v) is 21.7. The smallest absolute Gasteiger partial charge is 0.300 e. The fourth-order valence-corrected chi connectivity index (χ4v) is 4.67. The maximum Gasteiger partial charge on any atom is 0.300 e. The van der Waals surface area contributed by atoms with Crippen molar-refractivity contribution >= 4 is 23.1 Å². The summed E-state index contributed by atoms with van der Waals surface area (Å²) in [5.41, 5.74) is 3.49. The van der Waals surface area contributed by atoms with Crippen molar-refractivity contribution in [1.82, 2.24) is 0 Å². The number of anilines is 1. The number of Topliss-reactive ketones (excluding diaryl/α,β-unsaturated/α-hetero) is 1. The molecule has 0 aromatic heterocycles. The number of nitrogens with zero attached hydrogens (tertiary/aromatic N) is 1. The molecule has 0 radical (unpaired) electrons. The van der Waals surface area contributed by atoms with Gasteiger partial charge < -0.3 is 19.3 Å². The molecule has 1 aliphatic heterocycles. The van der Waals surface area contributed by atoms with Gasteiger partial charge in [0.05, 0.1) is 31.9 Å². The van der Waals surface area contributed by atoms with Crippen LogP contribution in [0.5, 0.6) is 17.2 Å². The van der Waals surface area contributed by atoms with Crippen LogP contribution in [0, 0.1) is 13.8 Å². The molecule has 37 heavy (non-hydrogen) atoms. The van der Waals surface area contributed by atoms with Crippen LogP contribution in [0.3, 0.4) is 0 Å². The Kier molecular flexibility index (Phi) is 7.53. The predicted molar refractivity (Wildman–Crippen MR) is 142 cm³/mol. The van der Waals surface area contributed by atoms with Crippen LogP contribution in [0.1, 0.15) is 42.1 Å².